The highest BCUT2D eigenvalue weighted by atomic mass is 16.7. The van der Waals surface area contributed by atoms with E-state index in [4.69, 9.17) is 24.4 Å². The van der Waals surface area contributed by atoms with Crippen LogP contribution in [0.25, 0.3) is 0 Å². The van der Waals surface area contributed by atoms with Crippen LogP contribution in [0.15, 0.2) is 0 Å². The van der Waals surface area contributed by atoms with Gasteiger partial charge in [0.2, 0.25) is 0 Å². The number of rotatable bonds is 7. The molecule has 0 unspecified atom stereocenters. The molecule has 1 saturated heterocycles. The van der Waals surface area contributed by atoms with E-state index in [0.717, 1.165) is 0 Å². The number of carbonyl (C=O) groups is 2. The number of aliphatic carboxylic acids is 2. The van der Waals surface area contributed by atoms with Crippen LogP contribution in [0.1, 0.15) is 0 Å². The fraction of sp³-hybridized carbons (Fsp3) is 0.800. The van der Waals surface area contributed by atoms with Crippen LogP contribution in [0.3, 0.4) is 0 Å². The van der Waals surface area contributed by atoms with E-state index in [1.54, 1.807) is 0 Å². The second kappa shape index (κ2) is 7.47. The fourth-order valence-corrected chi connectivity index (χ4v) is 1.68. The lowest BCUT2D eigenvalue weighted by Crippen LogP contribution is -2.59. The van der Waals surface area contributed by atoms with Crippen molar-refractivity contribution >= 4 is 11.9 Å². The molecule has 116 valence electrons. The second-order valence-corrected chi connectivity index (χ2v) is 4.12. The van der Waals surface area contributed by atoms with Crippen LogP contribution < -0.4 is 0 Å². The first-order valence-corrected chi connectivity index (χ1v) is 5.65. The average Bonchev–Trinajstić information content (AvgIpc) is 2.34. The van der Waals surface area contributed by atoms with Gasteiger partial charge in [-0.15, -0.1) is 0 Å². The molecule has 0 bridgehead atoms. The van der Waals surface area contributed by atoms with E-state index in [1.165, 1.54) is 0 Å². The molecule has 1 heterocycles. The van der Waals surface area contributed by atoms with Crippen molar-refractivity contribution in [1.82, 2.24) is 0 Å². The number of hydrogen-bond donors (Lipinski definition) is 5. The maximum Gasteiger partial charge on any atom is 0.329 e. The third-order valence-electron chi connectivity index (χ3n) is 2.57. The molecule has 0 aromatic heterocycles. The summed E-state index contributed by atoms with van der Waals surface area (Å²) in [5.74, 6) is -2.54. The molecule has 10 nitrogen and oxygen atoms in total. The van der Waals surface area contributed by atoms with Crippen LogP contribution in [0, 0.1) is 0 Å². The number of ether oxygens (including phenoxy) is 3. The Bertz CT molecular complexity index is 345. The van der Waals surface area contributed by atoms with Gasteiger partial charge >= 0.3 is 11.9 Å². The van der Waals surface area contributed by atoms with Crippen molar-refractivity contribution < 1.29 is 49.3 Å². The molecule has 0 radical (unpaired) electrons. The van der Waals surface area contributed by atoms with Gasteiger partial charge in [-0.3, -0.25) is 0 Å². The third-order valence-corrected chi connectivity index (χ3v) is 2.57. The number of carboxylic acids is 2. The lowest BCUT2D eigenvalue weighted by Gasteiger charge is -2.40. The Kier molecular flexibility index (Phi) is 6.26. The van der Waals surface area contributed by atoms with Gasteiger partial charge in [0.05, 0.1) is 6.61 Å². The van der Waals surface area contributed by atoms with Gasteiger partial charge in [-0.05, 0) is 0 Å². The van der Waals surface area contributed by atoms with Crippen molar-refractivity contribution in [2.75, 3.05) is 19.8 Å². The van der Waals surface area contributed by atoms with E-state index in [1.807, 2.05) is 0 Å². The summed E-state index contributed by atoms with van der Waals surface area (Å²) >= 11 is 0. The zero-order valence-electron chi connectivity index (χ0n) is 10.3. The van der Waals surface area contributed by atoms with Crippen LogP contribution in [0.2, 0.25) is 0 Å². The molecule has 0 spiro atoms. The number of hydrogen-bond acceptors (Lipinski definition) is 8. The van der Waals surface area contributed by atoms with Crippen LogP contribution in [0.5, 0.6) is 0 Å². The Morgan fingerprint density at radius 2 is 1.60 bits per heavy atom. The maximum atomic E-state index is 10.4. The molecule has 1 fully saturated rings. The lowest BCUT2D eigenvalue weighted by atomic mass is 9.99. The van der Waals surface area contributed by atoms with E-state index in [-0.39, 0.29) is 6.61 Å². The molecule has 0 amide bonds. The molecule has 1 aliphatic heterocycles. The molecule has 10 heteroatoms. The SMILES string of the molecule is O=C(O)COC[C@H]1O[C@@H](O)[C@H](O)[C@@H](OCC(=O)O)[C@H]1O. The van der Waals surface area contributed by atoms with Gasteiger partial charge in [0.25, 0.3) is 0 Å². The summed E-state index contributed by atoms with van der Waals surface area (Å²) in [5.41, 5.74) is 0. The minimum absolute atomic E-state index is 0.371. The molecular formula is C10H16O10. The Balaban J connectivity index is 2.59. The minimum atomic E-state index is -1.71. The molecular weight excluding hydrogens is 280 g/mol. The first-order valence-electron chi connectivity index (χ1n) is 5.65. The molecule has 0 aromatic carbocycles. The van der Waals surface area contributed by atoms with E-state index >= 15 is 0 Å². The highest BCUT2D eigenvalue weighted by molar-refractivity contribution is 5.68. The van der Waals surface area contributed by atoms with Crippen molar-refractivity contribution in [1.29, 1.82) is 0 Å². The zero-order valence-corrected chi connectivity index (χ0v) is 10.3. The molecule has 0 aliphatic carbocycles. The first-order chi connectivity index (χ1) is 9.32. The normalized spacial score (nSPS) is 33.9. The van der Waals surface area contributed by atoms with Crippen LogP contribution in [0.4, 0.5) is 0 Å². The van der Waals surface area contributed by atoms with Crippen molar-refractivity contribution in [3.63, 3.8) is 0 Å². The maximum absolute atomic E-state index is 10.4. The van der Waals surface area contributed by atoms with Crippen molar-refractivity contribution in [2.45, 2.75) is 30.7 Å². The molecule has 20 heavy (non-hydrogen) atoms. The highest BCUT2D eigenvalue weighted by Crippen LogP contribution is 2.22. The molecule has 0 aromatic rings. The van der Waals surface area contributed by atoms with E-state index < -0.39 is 55.9 Å². The Labute approximate surface area is 113 Å². The monoisotopic (exact) mass is 296 g/mol. The topological polar surface area (TPSA) is 163 Å². The summed E-state index contributed by atoms with van der Waals surface area (Å²) in [6.07, 6.45) is -7.39. The number of aliphatic hydroxyl groups excluding tert-OH is 3. The minimum Gasteiger partial charge on any atom is -0.480 e. The summed E-state index contributed by atoms with van der Waals surface area (Å²) in [6, 6.07) is 0. The van der Waals surface area contributed by atoms with Gasteiger partial charge < -0.3 is 39.7 Å². The van der Waals surface area contributed by atoms with Crippen molar-refractivity contribution in [2.24, 2.45) is 0 Å². The van der Waals surface area contributed by atoms with Gasteiger partial charge in [-0.2, -0.15) is 0 Å². The molecule has 5 atom stereocenters. The van der Waals surface area contributed by atoms with E-state index in [9.17, 15) is 24.9 Å². The quantitative estimate of drug-likeness (QED) is 0.327. The summed E-state index contributed by atoms with van der Waals surface area (Å²) in [5, 5.41) is 45.7. The largest absolute Gasteiger partial charge is 0.480 e. The highest BCUT2D eigenvalue weighted by Gasteiger charge is 2.45. The molecule has 1 aliphatic rings. The number of carboxylic acid groups (broad SMARTS) is 2. The van der Waals surface area contributed by atoms with Crippen molar-refractivity contribution in [3.8, 4) is 0 Å². The van der Waals surface area contributed by atoms with Gasteiger partial charge in [0, 0.05) is 0 Å². The first kappa shape index (κ1) is 16.8. The lowest BCUT2D eigenvalue weighted by molar-refractivity contribution is -0.295. The average molecular weight is 296 g/mol. The van der Waals surface area contributed by atoms with Gasteiger partial charge in [0.1, 0.15) is 37.6 Å². The Morgan fingerprint density at radius 1 is 1.00 bits per heavy atom. The van der Waals surface area contributed by atoms with E-state index in [0.29, 0.717) is 0 Å². The van der Waals surface area contributed by atoms with Gasteiger partial charge in [-0.25, -0.2) is 9.59 Å². The van der Waals surface area contributed by atoms with E-state index in [2.05, 4.69) is 0 Å². The van der Waals surface area contributed by atoms with Crippen LogP contribution in [-0.2, 0) is 23.8 Å². The Morgan fingerprint density at radius 3 is 2.15 bits per heavy atom. The fourth-order valence-electron chi connectivity index (χ4n) is 1.68. The summed E-state index contributed by atoms with van der Waals surface area (Å²) in [7, 11) is 0. The third kappa shape index (κ3) is 4.67. The van der Waals surface area contributed by atoms with Crippen LogP contribution in [-0.4, -0.2) is 88.0 Å². The summed E-state index contributed by atoms with van der Waals surface area (Å²) in [6.45, 7) is -1.79. The number of aliphatic hydroxyl groups is 3. The smallest absolute Gasteiger partial charge is 0.329 e. The van der Waals surface area contributed by atoms with Gasteiger partial charge in [-0.1, -0.05) is 0 Å². The molecule has 1 rings (SSSR count). The summed E-state index contributed by atoms with van der Waals surface area (Å²) < 4.78 is 14.3. The second-order valence-electron chi connectivity index (χ2n) is 4.12. The molecule has 0 saturated carbocycles. The zero-order chi connectivity index (χ0) is 15.3. The Hall–Kier alpha value is -1.30. The molecule has 5 N–H and O–H groups in total. The summed E-state index contributed by atoms with van der Waals surface area (Å²) in [4.78, 5) is 20.7. The van der Waals surface area contributed by atoms with Gasteiger partial charge in [0.15, 0.2) is 6.29 Å². The predicted octanol–water partition coefficient (Wildman–Crippen LogP) is -3.00. The predicted molar refractivity (Wildman–Crippen MR) is 58.7 cm³/mol. The standard InChI is InChI=1S/C10H16O10/c11-5(12)2-18-1-4-7(15)9(19-3-6(13)14)8(16)10(17)20-4/h4,7-10,15-17H,1-3H2,(H,11,12)(H,13,14)/t4-,7+,8-,9+,10-/m1/s1. The van der Waals surface area contributed by atoms with Crippen molar-refractivity contribution in [3.05, 3.63) is 0 Å². The van der Waals surface area contributed by atoms with Crippen LogP contribution >= 0.6 is 0 Å².